The number of hydrogen-bond acceptors (Lipinski definition) is 4. The van der Waals surface area contributed by atoms with Crippen LogP contribution in [0.15, 0.2) is 18.2 Å². The standard InChI is InChI=1S/C12H11ClN4O/c1-7-5-9(6-14)16-17(7)12-10(8(2)18)3-4-11(13)15-12/h3-5,8,18H,1-2H3/t8-/m0/s1. The van der Waals surface area contributed by atoms with E-state index < -0.39 is 6.10 Å². The van der Waals surface area contributed by atoms with Crippen molar-refractivity contribution in [2.24, 2.45) is 0 Å². The Morgan fingerprint density at radius 2 is 2.22 bits per heavy atom. The summed E-state index contributed by atoms with van der Waals surface area (Å²) in [6.07, 6.45) is -0.695. The van der Waals surface area contributed by atoms with E-state index in [1.165, 1.54) is 4.68 Å². The van der Waals surface area contributed by atoms with Gasteiger partial charge in [0.2, 0.25) is 0 Å². The third kappa shape index (κ3) is 2.21. The first-order valence-corrected chi connectivity index (χ1v) is 5.72. The van der Waals surface area contributed by atoms with E-state index in [2.05, 4.69) is 10.1 Å². The third-order valence-corrected chi connectivity index (χ3v) is 2.73. The van der Waals surface area contributed by atoms with Gasteiger partial charge in [-0.05, 0) is 32.0 Å². The molecule has 6 heteroatoms. The Labute approximate surface area is 109 Å². The van der Waals surface area contributed by atoms with Crippen LogP contribution in [-0.4, -0.2) is 19.9 Å². The van der Waals surface area contributed by atoms with E-state index in [4.69, 9.17) is 16.9 Å². The molecule has 92 valence electrons. The van der Waals surface area contributed by atoms with E-state index in [1.54, 1.807) is 25.1 Å². The number of nitriles is 1. The molecule has 2 heterocycles. The number of aliphatic hydroxyl groups excluding tert-OH is 1. The first-order valence-electron chi connectivity index (χ1n) is 5.34. The molecule has 1 N–H and O–H groups in total. The summed E-state index contributed by atoms with van der Waals surface area (Å²) in [4.78, 5) is 4.17. The van der Waals surface area contributed by atoms with Gasteiger partial charge in [0.15, 0.2) is 11.5 Å². The molecule has 0 unspecified atom stereocenters. The normalized spacial score (nSPS) is 12.2. The van der Waals surface area contributed by atoms with Gasteiger partial charge in [0.1, 0.15) is 11.2 Å². The molecule has 0 fully saturated rings. The predicted octanol–water partition coefficient (Wildman–Crippen LogP) is 2.15. The lowest BCUT2D eigenvalue weighted by Crippen LogP contribution is -2.08. The molecule has 0 bridgehead atoms. The average Bonchev–Trinajstić information content (AvgIpc) is 2.70. The van der Waals surface area contributed by atoms with Crippen LogP contribution >= 0.6 is 11.6 Å². The highest BCUT2D eigenvalue weighted by molar-refractivity contribution is 6.29. The van der Waals surface area contributed by atoms with Crippen LogP contribution in [0.5, 0.6) is 0 Å². The zero-order valence-electron chi connectivity index (χ0n) is 9.92. The van der Waals surface area contributed by atoms with Crippen LogP contribution in [0.2, 0.25) is 5.15 Å². The summed E-state index contributed by atoms with van der Waals surface area (Å²) in [6.45, 7) is 3.45. The highest BCUT2D eigenvalue weighted by Crippen LogP contribution is 2.23. The van der Waals surface area contributed by atoms with E-state index in [1.807, 2.05) is 13.0 Å². The molecule has 2 aromatic heterocycles. The van der Waals surface area contributed by atoms with Gasteiger partial charge in [-0.2, -0.15) is 10.4 Å². The Bertz CT molecular complexity index is 627. The molecule has 1 atom stereocenters. The first-order chi connectivity index (χ1) is 8.52. The second-order valence-corrected chi connectivity index (χ2v) is 4.30. The number of pyridine rings is 1. The fraction of sp³-hybridized carbons (Fsp3) is 0.250. The van der Waals surface area contributed by atoms with Crippen molar-refractivity contribution < 1.29 is 5.11 Å². The second kappa shape index (κ2) is 4.77. The smallest absolute Gasteiger partial charge is 0.163 e. The highest BCUT2D eigenvalue weighted by atomic mass is 35.5. The van der Waals surface area contributed by atoms with E-state index in [0.29, 0.717) is 22.2 Å². The minimum atomic E-state index is -0.695. The maximum atomic E-state index is 9.72. The van der Waals surface area contributed by atoms with Crippen molar-refractivity contribution in [2.75, 3.05) is 0 Å². The molecule has 0 saturated heterocycles. The summed E-state index contributed by atoms with van der Waals surface area (Å²) in [7, 11) is 0. The number of hydrogen-bond donors (Lipinski definition) is 1. The topological polar surface area (TPSA) is 74.7 Å². The lowest BCUT2D eigenvalue weighted by molar-refractivity contribution is 0.198. The largest absolute Gasteiger partial charge is 0.389 e. The summed E-state index contributed by atoms with van der Waals surface area (Å²) in [6, 6.07) is 6.92. The molecule has 0 aromatic carbocycles. The molecule has 0 spiro atoms. The van der Waals surface area contributed by atoms with Crippen LogP contribution in [0, 0.1) is 18.3 Å². The summed E-state index contributed by atoms with van der Waals surface area (Å²) in [5.74, 6) is 0.441. The lowest BCUT2D eigenvalue weighted by atomic mass is 10.1. The van der Waals surface area contributed by atoms with Gasteiger partial charge in [0, 0.05) is 11.3 Å². The molecule has 18 heavy (non-hydrogen) atoms. The van der Waals surface area contributed by atoms with E-state index in [9.17, 15) is 5.11 Å². The van der Waals surface area contributed by atoms with Crippen LogP contribution < -0.4 is 0 Å². The lowest BCUT2D eigenvalue weighted by Gasteiger charge is -2.12. The molecular formula is C12H11ClN4O. The van der Waals surface area contributed by atoms with Gasteiger partial charge in [-0.25, -0.2) is 9.67 Å². The molecule has 5 nitrogen and oxygen atoms in total. The van der Waals surface area contributed by atoms with Gasteiger partial charge in [-0.1, -0.05) is 11.6 Å². The number of aromatic nitrogens is 3. The molecule has 2 aromatic rings. The third-order valence-electron chi connectivity index (χ3n) is 2.52. The fourth-order valence-electron chi connectivity index (χ4n) is 1.68. The zero-order valence-corrected chi connectivity index (χ0v) is 10.7. The SMILES string of the molecule is Cc1cc(C#N)nn1-c1nc(Cl)ccc1[C@H](C)O. The Morgan fingerprint density at radius 3 is 2.78 bits per heavy atom. The van der Waals surface area contributed by atoms with Gasteiger partial charge in [-0.3, -0.25) is 0 Å². The summed E-state index contributed by atoms with van der Waals surface area (Å²) < 4.78 is 1.51. The van der Waals surface area contributed by atoms with Crippen LogP contribution in [0.4, 0.5) is 0 Å². The molecule has 0 aliphatic heterocycles. The molecular weight excluding hydrogens is 252 g/mol. The Morgan fingerprint density at radius 1 is 1.50 bits per heavy atom. The minimum Gasteiger partial charge on any atom is -0.389 e. The maximum Gasteiger partial charge on any atom is 0.163 e. The van der Waals surface area contributed by atoms with Crippen LogP contribution in [0.25, 0.3) is 5.82 Å². The summed E-state index contributed by atoms with van der Waals surface area (Å²) >= 11 is 5.87. The van der Waals surface area contributed by atoms with Crippen molar-refractivity contribution in [3.05, 3.63) is 40.3 Å². The van der Waals surface area contributed by atoms with Gasteiger partial charge in [-0.15, -0.1) is 0 Å². The number of halogens is 1. The number of aryl methyl sites for hydroxylation is 1. The van der Waals surface area contributed by atoms with Gasteiger partial charge < -0.3 is 5.11 Å². The predicted molar refractivity (Wildman–Crippen MR) is 66.5 cm³/mol. The summed E-state index contributed by atoms with van der Waals surface area (Å²) in [5.41, 5.74) is 1.66. The second-order valence-electron chi connectivity index (χ2n) is 3.92. The minimum absolute atomic E-state index is 0.297. The summed E-state index contributed by atoms with van der Waals surface area (Å²) in [5, 5.41) is 23.0. The molecule has 0 aliphatic rings. The van der Waals surface area contributed by atoms with E-state index in [-0.39, 0.29) is 0 Å². The Kier molecular flexibility index (Phi) is 3.32. The molecule has 0 aliphatic carbocycles. The first kappa shape index (κ1) is 12.6. The van der Waals surface area contributed by atoms with Crippen molar-refractivity contribution in [2.45, 2.75) is 20.0 Å². The Hall–Kier alpha value is -1.90. The van der Waals surface area contributed by atoms with Crippen molar-refractivity contribution >= 4 is 11.6 Å². The van der Waals surface area contributed by atoms with Gasteiger partial charge in [0.25, 0.3) is 0 Å². The molecule has 0 amide bonds. The van der Waals surface area contributed by atoms with E-state index >= 15 is 0 Å². The average molecular weight is 263 g/mol. The van der Waals surface area contributed by atoms with Crippen LogP contribution in [0.3, 0.4) is 0 Å². The van der Waals surface area contributed by atoms with E-state index in [0.717, 1.165) is 5.69 Å². The number of nitrogens with zero attached hydrogens (tertiary/aromatic N) is 4. The van der Waals surface area contributed by atoms with Crippen molar-refractivity contribution in [1.82, 2.24) is 14.8 Å². The van der Waals surface area contributed by atoms with Crippen molar-refractivity contribution in [3.8, 4) is 11.9 Å². The molecule has 0 saturated carbocycles. The molecule has 2 rings (SSSR count). The quantitative estimate of drug-likeness (QED) is 0.842. The molecule has 0 radical (unpaired) electrons. The monoisotopic (exact) mass is 262 g/mol. The van der Waals surface area contributed by atoms with Crippen molar-refractivity contribution in [3.63, 3.8) is 0 Å². The van der Waals surface area contributed by atoms with Crippen LogP contribution in [-0.2, 0) is 0 Å². The highest BCUT2D eigenvalue weighted by Gasteiger charge is 2.15. The van der Waals surface area contributed by atoms with Gasteiger partial charge in [0.05, 0.1) is 6.10 Å². The van der Waals surface area contributed by atoms with Crippen molar-refractivity contribution in [1.29, 1.82) is 5.26 Å². The Balaban J connectivity index is 2.65. The number of rotatable bonds is 2. The fourth-order valence-corrected chi connectivity index (χ4v) is 1.82. The van der Waals surface area contributed by atoms with Crippen LogP contribution in [0.1, 0.15) is 30.0 Å². The van der Waals surface area contributed by atoms with Gasteiger partial charge >= 0.3 is 0 Å². The number of aliphatic hydroxyl groups is 1. The zero-order chi connectivity index (χ0) is 13.3. The maximum absolute atomic E-state index is 9.72.